The molecule has 0 aliphatic carbocycles. The lowest BCUT2D eigenvalue weighted by atomic mass is 9.87. The Labute approximate surface area is 180 Å². The molecular formula is C25H34N2O3. The zero-order valence-electron chi connectivity index (χ0n) is 18.4. The first-order chi connectivity index (χ1) is 14.4. The van der Waals surface area contributed by atoms with Crippen LogP contribution in [0.15, 0.2) is 48.5 Å². The molecule has 0 bridgehead atoms. The third kappa shape index (κ3) is 6.85. The lowest BCUT2D eigenvalue weighted by Gasteiger charge is -2.27. The molecule has 3 rings (SSSR count). The fourth-order valence-corrected chi connectivity index (χ4v) is 3.47. The van der Waals surface area contributed by atoms with Gasteiger partial charge in [0, 0.05) is 31.7 Å². The van der Waals surface area contributed by atoms with Crippen molar-refractivity contribution in [1.29, 1.82) is 0 Å². The van der Waals surface area contributed by atoms with Gasteiger partial charge in [-0.15, -0.1) is 0 Å². The molecule has 30 heavy (non-hydrogen) atoms. The zero-order chi connectivity index (χ0) is 21.4. The molecule has 2 aromatic rings. The molecule has 1 heterocycles. The van der Waals surface area contributed by atoms with Crippen LogP contribution in [0.25, 0.3) is 0 Å². The van der Waals surface area contributed by atoms with E-state index >= 15 is 0 Å². The maximum Gasteiger partial charge on any atom is 0.224 e. The van der Waals surface area contributed by atoms with Crippen LogP contribution in [0.1, 0.15) is 44.7 Å². The molecule has 1 fully saturated rings. The Kier molecular flexibility index (Phi) is 7.88. The molecule has 1 aliphatic rings. The van der Waals surface area contributed by atoms with E-state index in [0.717, 1.165) is 49.8 Å². The molecule has 5 nitrogen and oxygen atoms in total. The number of carbonyl (C=O) groups excluding carboxylic acids is 1. The van der Waals surface area contributed by atoms with Gasteiger partial charge in [0.25, 0.3) is 0 Å². The van der Waals surface area contributed by atoms with Crippen molar-refractivity contribution in [2.45, 2.75) is 45.6 Å². The molecule has 0 unspecified atom stereocenters. The summed E-state index contributed by atoms with van der Waals surface area (Å²) in [5.41, 5.74) is 3.45. The van der Waals surface area contributed by atoms with Gasteiger partial charge in [0.05, 0.1) is 19.8 Å². The highest BCUT2D eigenvalue weighted by Gasteiger charge is 2.14. The van der Waals surface area contributed by atoms with Crippen molar-refractivity contribution in [3.8, 4) is 5.75 Å². The number of anilines is 1. The standard InChI is InChI=1S/C25H34N2O3/c1-25(2,3)21-10-12-22(13-11-21)30-16-6-9-24(28)26-23-8-5-4-7-20(23)19-27-14-17-29-18-15-27/h4-5,7-8,10-13H,6,9,14-19H2,1-3H3,(H,26,28). The van der Waals surface area contributed by atoms with Gasteiger partial charge in [-0.05, 0) is 41.2 Å². The van der Waals surface area contributed by atoms with Gasteiger partial charge in [-0.3, -0.25) is 9.69 Å². The normalized spacial score (nSPS) is 15.0. The molecular weight excluding hydrogens is 376 g/mol. The summed E-state index contributed by atoms with van der Waals surface area (Å²) in [6.07, 6.45) is 1.12. The van der Waals surface area contributed by atoms with E-state index in [2.05, 4.69) is 49.2 Å². The van der Waals surface area contributed by atoms with Crippen molar-refractivity contribution < 1.29 is 14.3 Å². The minimum Gasteiger partial charge on any atom is -0.494 e. The van der Waals surface area contributed by atoms with Crippen molar-refractivity contribution in [3.05, 3.63) is 59.7 Å². The highest BCUT2D eigenvalue weighted by atomic mass is 16.5. The van der Waals surface area contributed by atoms with Crippen LogP contribution in [-0.2, 0) is 21.5 Å². The van der Waals surface area contributed by atoms with Gasteiger partial charge in [0.15, 0.2) is 0 Å². The van der Waals surface area contributed by atoms with E-state index in [-0.39, 0.29) is 11.3 Å². The smallest absolute Gasteiger partial charge is 0.224 e. The van der Waals surface area contributed by atoms with Crippen LogP contribution in [0, 0.1) is 0 Å². The molecule has 0 radical (unpaired) electrons. The summed E-state index contributed by atoms with van der Waals surface area (Å²) < 4.78 is 11.2. The summed E-state index contributed by atoms with van der Waals surface area (Å²) in [6, 6.07) is 16.2. The topological polar surface area (TPSA) is 50.8 Å². The number of amides is 1. The van der Waals surface area contributed by atoms with Crippen molar-refractivity contribution in [2.24, 2.45) is 0 Å². The van der Waals surface area contributed by atoms with Crippen LogP contribution in [0.3, 0.4) is 0 Å². The lowest BCUT2D eigenvalue weighted by Crippen LogP contribution is -2.35. The first kappa shape index (κ1) is 22.3. The molecule has 1 saturated heterocycles. The van der Waals surface area contributed by atoms with Crippen LogP contribution >= 0.6 is 0 Å². The van der Waals surface area contributed by atoms with Crippen molar-refractivity contribution in [1.82, 2.24) is 4.90 Å². The predicted molar refractivity (Wildman–Crippen MR) is 121 cm³/mol. The van der Waals surface area contributed by atoms with Gasteiger partial charge >= 0.3 is 0 Å². The second-order valence-corrected chi connectivity index (χ2v) is 8.82. The van der Waals surface area contributed by atoms with Crippen molar-refractivity contribution >= 4 is 11.6 Å². The van der Waals surface area contributed by atoms with Crippen LogP contribution in [-0.4, -0.2) is 43.7 Å². The fraction of sp³-hybridized carbons (Fsp3) is 0.480. The number of benzene rings is 2. The molecule has 0 aromatic heterocycles. The van der Waals surface area contributed by atoms with Gasteiger partial charge in [-0.25, -0.2) is 0 Å². The van der Waals surface area contributed by atoms with Gasteiger partial charge < -0.3 is 14.8 Å². The average molecular weight is 411 g/mol. The van der Waals surface area contributed by atoms with E-state index < -0.39 is 0 Å². The van der Waals surface area contributed by atoms with Crippen LogP contribution in [0.5, 0.6) is 5.75 Å². The molecule has 1 aliphatic heterocycles. The summed E-state index contributed by atoms with van der Waals surface area (Å²) in [5.74, 6) is 0.871. The quantitative estimate of drug-likeness (QED) is 0.646. The van der Waals surface area contributed by atoms with Crippen LogP contribution in [0.4, 0.5) is 5.69 Å². The molecule has 1 N–H and O–H groups in total. The third-order valence-electron chi connectivity index (χ3n) is 5.33. The Balaban J connectivity index is 1.42. The van der Waals surface area contributed by atoms with Crippen LogP contribution < -0.4 is 10.1 Å². The molecule has 162 valence electrons. The van der Waals surface area contributed by atoms with Gasteiger partial charge in [0.2, 0.25) is 5.91 Å². The number of nitrogens with zero attached hydrogens (tertiary/aromatic N) is 1. The van der Waals surface area contributed by atoms with Crippen molar-refractivity contribution in [3.63, 3.8) is 0 Å². The highest BCUT2D eigenvalue weighted by Crippen LogP contribution is 2.24. The second-order valence-electron chi connectivity index (χ2n) is 8.82. The lowest BCUT2D eigenvalue weighted by molar-refractivity contribution is -0.116. The number of para-hydroxylation sites is 1. The summed E-state index contributed by atoms with van der Waals surface area (Å²) in [4.78, 5) is 14.8. The Morgan fingerprint density at radius 3 is 2.47 bits per heavy atom. The largest absolute Gasteiger partial charge is 0.494 e. The first-order valence-electron chi connectivity index (χ1n) is 10.8. The Bertz CT molecular complexity index is 806. The Morgan fingerprint density at radius 2 is 1.77 bits per heavy atom. The molecule has 2 aromatic carbocycles. The maximum atomic E-state index is 12.4. The molecule has 5 heteroatoms. The number of ether oxygens (including phenoxy) is 2. The van der Waals surface area contributed by atoms with E-state index in [1.165, 1.54) is 5.56 Å². The number of carbonyl (C=O) groups is 1. The molecule has 0 spiro atoms. The monoisotopic (exact) mass is 410 g/mol. The van der Waals surface area contributed by atoms with E-state index in [1.54, 1.807) is 0 Å². The van der Waals surface area contributed by atoms with Gasteiger partial charge in [-0.2, -0.15) is 0 Å². The van der Waals surface area contributed by atoms with Crippen molar-refractivity contribution in [2.75, 3.05) is 38.2 Å². The summed E-state index contributed by atoms with van der Waals surface area (Å²) in [5, 5.41) is 3.07. The van der Waals surface area contributed by atoms with E-state index in [0.29, 0.717) is 19.4 Å². The number of hydrogen-bond donors (Lipinski definition) is 1. The maximum absolute atomic E-state index is 12.4. The fourth-order valence-electron chi connectivity index (χ4n) is 3.47. The minimum absolute atomic E-state index is 0.0242. The number of morpholine rings is 1. The Morgan fingerprint density at radius 1 is 1.07 bits per heavy atom. The molecule has 1 amide bonds. The minimum atomic E-state index is 0.0242. The second kappa shape index (κ2) is 10.6. The number of rotatable bonds is 8. The summed E-state index contributed by atoms with van der Waals surface area (Å²) >= 11 is 0. The first-order valence-corrected chi connectivity index (χ1v) is 10.8. The number of nitrogens with one attached hydrogen (secondary N) is 1. The highest BCUT2D eigenvalue weighted by molar-refractivity contribution is 5.91. The zero-order valence-corrected chi connectivity index (χ0v) is 18.4. The van der Waals surface area contributed by atoms with Gasteiger partial charge in [-0.1, -0.05) is 51.1 Å². The predicted octanol–water partition coefficient (Wildman–Crippen LogP) is 4.61. The Hall–Kier alpha value is -2.37. The van der Waals surface area contributed by atoms with E-state index in [4.69, 9.17) is 9.47 Å². The van der Waals surface area contributed by atoms with Crippen LogP contribution in [0.2, 0.25) is 0 Å². The van der Waals surface area contributed by atoms with Gasteiger partial charge in [0.1, 0.15) is 5.75 Å². The number of hydrogen-bond acceptors (Lipinski definition) is 4. The SMILES string of the molecule is CC(C)(C)c1ccc(OCCCC(=O)Nc2ccccc2CN2CCOCC2)cc1. The summed E-state index contributed by atoms with van der Waals surface area (Å²) in [7, 11) is 0. The molecule has 0 atom stereocenters. The average Bonchev–Trinajstić information content (AvgIpc) is 2.73. The molecule has 0 saturated carbocycles. The van der Waals surface area contributed by atoms with E-state index in [1.807, 2.05) is 30.3 Å². The third-order valence-corrected chi connectivity index (χ3v) is 5.33. The summed E-state index contributed by atoms with van der Waals surface area (Å²) in [6.45, 7) is 11.3. The van der Waals surface area contributed by atoms with E-state index in [9.17, 15) is 4.79 Å².